The van der Waals surface area contributed by atoms with E-state index in [-0.39, 0.29) is 23.9 Å². The Hall–Kier alpha value is -2.08. The van der Waals surface area contributed by atoms with Gasteiger partial charge < -0.3 is 21.3 Å². The number of urea groups is 1. The standard InChI is InChI=1S/C19H30N4O2/c1-14(2)11-22-19(25)23-10-6-9-16(13-23)18(24)21-12-17(20)15-7-4-3-5-8-15/h3-5,7-8,14,16-17H,6,9-13,20H2,1-2H3,(H,21,24)(H,22,25). The summed E-state index contributed by atoms with van der Waals surface area (Å²) in [6, 6.07) is 9.43. The second-order valence-electron chi connectivity index (χ2n) is 7.13. The van der Waals surface area contributed by atoms with Gasteiger partial charge in [-0.25, -0.2) is 4.79 Å². The fourth-order valence-corrected chi connectivity index (χ4v) is 2.95. The molecule has 6 heteroatoms. The quantitative estimate of drug-likeness (QED) is 0.735. The van der Waals surface area contributed by atoms with E-state index < -0.39 is 0 Å². The molecule has 1 aliphatic rings. The molecule has 0 bridgehead atoms. The van der Waals surface area contributed by atoms with Crippen LogP contribution in [0.25, 0.3) is 0 Å². The number of amides is 3. The second-order valence-corrected chi connectivity index (χ2v) is 7.13. The van der Waals surface area contributed by atoms with Crippen LogP contribution in [0.15, 0.2) is 30.3 Å². The first-order valence-corrected chi connectivity index (χ1v) is 9.08. The van der Waals surface area contributed by atoms with E-state index in [4.69, 9.17) is 5.73 Å². The van der Waals surface area contributed by atoms with E-state index >= 15 is 0 Å². The summed E-state index contributed by atoms with van der Waals surface area (Å²) in [6.45, 7) is 6.34. The molecule has 1 aliphatic heterocycles. The third-order valence-electron chi connectivity index (χ3n) is 4.46. The molecule has 1 saturated heterocycles. The molecule has 3 amide bonds. The maximum atomic E-state index is 12.4. The zero-order valence-corrected chi connectivity index (χ0v) is 15.2. The summed E-state index contributed by atoms with van der Waals surface area (Å²) in [6.07, 6.45) is 1.65. The molecule has 138 valence electrons. The number of rotatable bonds is 6. The van der Waals surface area contributed by atoms with Crippen molar-refractivity contribution >= 4 is 11.9 Å². The van der Waals surface area contributed by atoms with Gasteiger partial charge in [0.25, 0.3) is 0 Å². The van der Waals surface area contributed by atoms with Crippen molar-refractivity contribution in [3.8, 4) is 0 Å². The van der Waals surface area contributed by atoms with Gasteiger partial charge in [-0.15, -0.1) is 0 Å². The van der Waals surface area contributed by atoms with Gasteiger partial charge in [0.1, 0.15) is 0 Å². The summed E-state index contributed by atoms with van der Waals surface area (Å²) < 4.78 is 0. The molecule has 0 spiro atoms. The Labute approximate surface area is 150 Å². The minimum atomic E-state index is -0.223. The van der Waals surface area contributed by atoms with Crippen LogP contribution in [0.2, 0.25) is 0 Å². The summed E-state index contributed by atoms with van der Waals surface area (Å²) in [5.41, 5.74) is 7.13. The van der Waals surface area contributed by atoms with E-state index in [0.29, 0.717) is 32.1 Å². The van der Waals surface area contributed by atoms with E-state index in [9.17, 15) is 9.59 Å². The molecule has 1 heterocycles. The maximum Gasteiger partial charge on any atom is 0.317 e. The lowest BCUT2D eigenvalue weighted by atomic mass is 9.97. The maximum absolute atomic E-state index is 12.4. The first-order chi connectivity index (χ1) is 12.0. The molecule has 0 aliphatic carbocycles. The van der Waals surface area contributed by atoms with Crippen LogP contribution in [-0.2, 0) is 4.79 Å². The average Bonchev–Trinajstić information content (AvgIpc) is 2.64. The van der Waals surface area contributed by atoms with Crippen molar-refractivity contribution in [2.75, 3.05) is 26.2 Å². The lowest BCUT2D eigenvalue weighted by molar-refractivity contribution is -0.126. The van der Waals surface area contributed by atoms with E-state index in [2.05, 4.69) is 24.5 Å². The van der Waals surface area contributed by atoms with Crippen molar-refractivity contribution < 1.29 is 9.59 Å². The average molecular weight is 346 g/mol. The summed E-state index contributed by atoms with van der Waals surface area (Å²) >= 11 is 0. The van der Waals surface area contributed by atoms with Gasteiger partial charge in [0.15, 0.2) is 0 Å². The molecule has 0 aromatic heterocycles. The van der Waals surface area contributed by atoms with Crippen molar-refractivity contribution in [2.24, 2.45) is 17.6 Å². The number of nitrogens with zero attached hydrogens (tertiary/aromatic N) is 1. The molecule has 0 saturated carbocycles. The van der Waals surface area contributed by atoms with Crippen LogP contribution in [0.4, 0.5) is 4.79 Å². The molecule has 25 heavy (non-hydrogen) atoms. The van der Waals surface area contributed by atoms with Crippen LogP contribution >= 0.6 is 0 Å². The van der Waals surface area contributed by atoms with E-state index in [0.717, 1.165) is 18.4 Å². The highest BCUT2D eigenvalue weighted by molar-refractivity contribution is 5.80. The summed E-state index contributed by atoms with van der Waals surface area (Å²) in [4.78, 5) is 26.4. The topological polar surface area (TPSA) is 87.5 Å². The van der Waals surface area contributed by atoms with Gasteiger partial charge in [-0.3, -0.25) is 4.79 Å². The Morgan fingerprint density at radius 3 is 2.60 bits per heavy atom. The van der Waals surface area contributed by atoms with Gasteiger partial charge in [0, 0.05) is 32.2 Å². The zero-order chi connectivity index (χ0) is 18.2. The van der Waals surface area contributed by atoms with Crippen LogP contribution in [0.1, 0.15) is 38.3 Å². The molecule has 2 atom stereocenters. The fraction of sp³-hybridized carbons (Fsp3) is 0.579. The lowest BCUT2D eigenvalue weighted by Gasteiger charge is -2.32. The van der Waals surface area contributed by atoms with Crippen molar-refractivity contribution in [1.82, 2.24) is 15.5 Å². The van der Waals surface area contributed by atoms with Crippen LogP contribution in [0, 0.1) is 11.8 Å². The van der Waals surface area contributed by atoms with Crippen LogP contribution in [0.5, 0.6) is 0 Å². The lowest BCUT2D eigenvalue weighted by Crippen LogP contribution is -2.49. The molecular formula is C19H30N4O2. The second kappa shape index (κ2) is 9.42. The van der Waals surface area contributed by atoms with Crippen molar-refractivity contribution in [1.29, 1.82) is 0 Å². The number of hydrogen-bond donors (Lipinski definition) is 3. The number of nitrogens with one attached hydrogen (secondary N) is 2. The summed E-state index contributed by atoms with van der Waals surface area (Å²) in [5.74, 6) is 0.224. The molecule has 1 aromatic rings. The Morgan fingerprint density at radius 2 is 1.92 bits per heavy atom. The number of carbonyl (C=O) groups is 2. The number of benzene rings is 1. The normalized spacial score (nSPS) is 18.7. The van der Waals surface area contributed by atoms with E-state index in [1.165, 1.54) is 0 Å². The molecule has 6 nitrogen and oxygen atoms in total. The van der Waals surface area contributed by atoms with Crippen LogP contribution in [0.3, 0.4) is 0 Å². The Kier molecular flexibility index (Phi) is 7.25. The number of hydrogen-bond acceptors (Lipinski definition) is 3. The van der Waals surface area contributed by atoms with Crippen molar-refractivity contribution in [3.05, 3.63) is 35.9 Å². The summed E-state index contributed by atoms with van der Waals surface area (Å²) in [7, 11) is 0. The van der Waals surface area contributed by atoms with Crippen molar-refractivity contribution in [2.45, 2.75) is 32.7 Å². The van der Waals surface area contributed by atoms with Gasteiger partial charge in [-0.05, 0) is 24.3 Å². The fourth-order valence-electron chi connectivity index (χ4n) is 2.95. The number of likely N-dealkylation sites (tertiary alicyclic amines) is 1. The number of carbonyl (C=O) groups excluding carboxylic acids is 2. The highest BCUT2D eigenvalue weighted by Gasteiger charge is 2.28. The van der Waals surface area contributed by atoms with Gasteiger partial charge in [-0.2, -0.15) is 0 Å². The third-order valence-corrected chi connectivity index (χ3v) is 4.46. The van der Waals surface area contributed by atoms with Gasteiger partial charge >= 0.3 is 6.03 Å². The summed E-state index contributed by atoms with van der Waals surface area (Å²) in [5, 5.41) is 5.86. The minimum Gasteiger partial charge on any atom is -0.354 e. The number of piperidine rings is 1. The molecule has 4 N–H and O–H groups in total. The molecule has 1 aromatic carbocycles. The molecule has 1 fully saturated rings. The monoisotopic (exact) mass is 346 g/mol. The number of nitrogens with two attached hydrogens (primary N) is 1. The molecular weight excluding hydrogens is 316 g/mol. The highest BCUT2D eigenvalue weighted by atomic mass is 16.2. The molecule has 0 radical (unpaired) electrons. The Morgan fingerprint density at radius 1 is 1.20 bits per heavy atom. The first kappa shape index (κ1) is 19.2. The zero-order valence-electron chi connectivity index (χ0n) is 15.2. The predicted octanol–water partition coefficient (Wildman–Crippen LogP) is 1.88. The van der Waals surface area contributed by atoms with E-state index in [1.807, 2.05) is 30.3 Å². The Bertz CT molecular complexity index is 562. The van der Waals surface area contributed by atoms with Crippen LogP contribution in [-0.4, -0.2) is 43.0 Å². The largest absolute Gasteiger partial charge is 0.354 e. The van der Waals surface area contributed by atoms with Gasteiger partial charge in [-0.1, -0.05) is 44.2 Å². The Balaban J connectivity index is 1.80. The smallest absolute Gasteiger partial charge is 0.317 e. The minimum absolute atomic E-state index is 0.0206. The predicted molar refractivity (Wildman–Crippen MR) is 98.9 cm³/mol. The van der Waals surface area contributed by atoms with E-state index in [1.54, 1.807) is 4.90 Å². The third kappa shape index (κ3) is 6.05. The van der Waals surface area contributed by atoms with Gasteiger partial charge in [0.2, 0.25) is 5.91 Å². The van der Waals surface area contributed by atoms with Crippen molar-refractivity contribution in [3.63, 3.8) is 0 Å². The van der Waals surface area contributed by atoms with Gasteiger partial charge in [0.05, 0.1) is 5.92 Å². The molecule has 2 rings (SSSR count). The first-order valence-electron chi connectivity index (χ1n) is 9.08. The van der Waals surface area contributed by atoms with Crippen LogP contribution < -0.4 is 16.4 Å². The molecule has 2 unspecified atom stereocenters. The SMILES string of the molecule is CC(C)CNC(=O)N1CCCC(C(=O)NCC(N)c2ccccc2)C1. The highest BCUT2D eigenvalue weighted by Crippen LogP contribution is 2.17.